The highest BCUT2D eigenvalue weighted by Gasteiger charge is 2.23. The number of rotatable bonds is 4. The van der Waals surface area contributed by atoms with Gasteiger partial charge in [-0.1, -0.05) is 24.3 Å². The Balaban J connectivity index is 1.91. The van der Waals surface area contributed by atoms with Crippen LogP contribution in [0.3, 0.4) is 0 Å². The van der Waals surface area contributed by atoms with Gasteiger partial charge in [-0.15, -0.1) is 0 Å². The number of likely N-dealkylation sites (tertiary alicyclic amines) is 1. The molecule has 1 unspecified atom stereocenters. The molecule has 0 aliphatic carbocycles. The van der Waals surface area contributed by atoms with Crippen molar-refractivity contribution in [1.82, 2.24) is 10.2 Å². The van der Waals surface area contributed by atoms with Crippen LogP contribution in [0.1, 0.15) is 43.9 Å². The second-order valence-corrected chi connectivity index (χ2v) is 6.17. The minimum Gasteiger partial charge on any atom is -0.307 e. The van der Waals surface area contributed by atoms with Crippen molar-refractivity contribution in [3.8, 4) is 0 Å². The van der Waals surface area contributed by atoms with Gasteiger partial charge < -0.3 is 10.2 Å². The number of hydrogen-bond donors (Lipinski definition) is 1. The summed E-state index contributed by atoms with van der Waals surface area (Å²) in [6.07, 6.45) is 2.65. The molecule has 1 heterocycles. The molecule has 0 aromatic heterocycles. The van der Waals surface area contributed by atoms with E-state index in [1.54, 1.807) is 0 Å². The van der Waals surface area contributed by atoms with E-state index in [2.05, 4.69) is 62.3 Å². The molecule has 2 heteroatoms. The van der Waals surface area contributed by atoms with Gasteiger partial charge in [-0.3, -0.25) is 0 Å². The highest BCUT2D eigenvalue weighted by Crippen LogP contribution is 2.23. The number of nitrogens with one attached hydrogen (secondary N) is 1. The summed E-state index contributed by atoms with van der Waals surface area (Å²) >= 11 is 0. The first-order valence-corrected chi connectivity index (χ1v) is 7.58. The fourth-order valence-electron chi connectivity index (χ4n) is 3.22. The first kappa shape index (κ1) is 14.5. The summed E-state index contributed by atoms with van der Waals surface area (Å²) in [5.41, 5.74) is 2.82. The van der Waals surface area contributed by atoms with Gasteiger partial charge in [0.15, 0.2) is 0 Å². The Kier molecular flexibility index (Phi) is 5.00. The van der Waals surface area contributed by atoms with Crippen molar-refractivity contribution in [2.24, 2.45) is 5.92 Å². The van der Waals surface area contributed by atoms with Crippen LogP contribution in [0, 0.1) is 12.8 Å². The first-order chi connectivity index (χ1) is 9.08. The van der Waals surface area contributed by atoms with Crippen LogP contribution in [0.5, 0.6) is 0 Å². The summed E-state index contributed by atoms with van der Waals surface area (Å²) in [5, 5.41) is 3.80. The van der Waals surface area contributed by atoms with Gasteiger partial charge in [0.25, 0.3) is 0 Å². The quantitative estimate of drug-likeness (QED) is 0.893. The van der Waals surface area contributed by atoms with Crippen LogP contribution in [0.25, 0.3) is 0 Å². The van der Waals surface area contributed by atoms with E-state index in [4.69, 9.17) is 0 Å². The van der Waals surface area contributed by atoms with Crippen LogP contribution in [0.15, 0.2) is 24.3 Å². The molecular formula is C17H28N2. The SMILES string of the molecule is Cc1ccccc1[C@H](C)NC(C)C1CCN(C)CC1. The van der Waals surface area contributed by atoms with Crippen LogP contribution < -0.4 is 5.32 Å². The van der Waals surface area contributed by atoms with Crippen molar-refractivity contribution in [3.05, 3.63) is 35.4 Å². The molecule has 1 saturated heterocycles. The lowest BCUT2D eigenvalue weighted by Crippen LogP contribution is -2.41. The van der Waals surface area contributed by atoms with E-state index >= 15 is 0 Å². The third-order valence-electron chi connectivity index (χ3n) is 4.64. The molecule has 0 amide bonds. The third-order valence-corrected chi connectivity index (χ3v) is 4.64. The zero-order valence-corrected chi connectivity index (χ0v) is 12.8. The third kappa shape index (κ3) is 3.80. The maximum atomic E-state index is 3.80. The maximum absolute atomic E-state index is 3.80. The molecule has 1 aliphatic rings. The van der Waals surface area contributed by atoms with Crippen molar-refractivity contribution in [3.63, 3.8) is 0 Å². The zero-order chi connectivity index (χ0) is 13.8. The van der Waals surface area contributed by atoms with E-state index in [-0.39, 0.29) is 0 Å². The Bertz CT molecular complexity index is 394. The van der Waals surface area contributed by atoms with E-state index in [9.17, 15) is 0 Å². The monoisotopic (exact) mass is 260 g/mol. The Labute approximate surface area is 118 Å². The van der Waals surface area contributed by atoms with E-state index in [0.29, 0.717) is 12.1 Å². The molecule has 0 radical (unpaired) electrons. The number of benzene rings is 1. The van der Waals surface area contributed by atoms with Gasteiger partial charge in [-0.25, -0.2) is 0 Å². The smallest absolute Gasteiger partial charge is 0.0296 e. The molecule has 0 saturated carbocycles. The number of piperidine rings is 1. The van der Waals surface area contributed by atoms with E-state index in [1.165, 1.54) is 37.1 Å². The number of hydrogen-bond acceptors (Lipinski definition) is 2. The van der Waals surface area contributed by atoms with Crippen LogP contribution >= 0.6 is 0 Å². The second kappa shape index (κ2) is 6.53. The lowest BCUT2D eigenvalue weighted by Gasteiger charge is -2.34. The van der Waals surface area contributed by atoms with Gasteiger partial charge >= 0.3 is 0 Å². The lowest BCUT2D eigenvalue weighted by molar-refractivity contribution is 0.185. The predicted octanol–water partition coefficient (Wildman–Crippen LogP) is 3.38. The molecular weight excluding hydrogens is 232 g/mol. The summed E-state index contributed by atoms with van der Waals surface area (Å²) < 4.78 is 0. The fourth-order valence-corrected chi connectivity index (χ4v) is 3.22. The van der Waals surface area contributed by atoms with Crippen LogP contribution in [0.4, 0.5) is 0 Å². The molecule has 1 aromatic carbocycles. The van der Waals surface area contributed by atoms with Crippen molar-refractivity contribution in [2.75, 3.05) is 20.1 Å². The summed E-state index contributed by atoms with van der Waals surface area (Å²) in [5.74, 6) is 0.822. The Morgan fingerprint density at radius 2 is 1.79 bits per heavy atom. The van der Waals surface area contributed by atoms with Crippen molar-refractivity contribution in [2.45, 2.75) is 45.7 Å². The van der Waals surface area contributed by atoms with E-state index in [1.807, 2.05) is 0 Å². The second-order valence-electron chi connectivity index (χ2n) is 6.17. The highest BCUT2D eigenvalue weighted by atomic mass is 15.1. The van der Waals surface area contributed by atoms with Crippen molar-refractivity contribution in [1.29, 1.82) is 0 Å². The summed E-state index contributed by atoms with van der Waals surface area (Å²) in [6, 6.07) is 9.74. The summed E-state index contributed by atoms with van der Waals surface area (Å²) in [4.78, 5) is 2.44. The molecule has 2 atom stereocenters. The molecule has 0 bridgehead atoms. The lowest BCUT2D eigenvalue weighted by atomic mass is 9.89. The standard InChI is InChI=1S/C17H28N2/c1-13-7-5-6-8-17(13)15(3)18-14(2)16-9-11-19(4)12-10-16/h5-8,14-16,18H,9-12H2,1-4H3/t14?,15-/m0/s1. The number of nitrogens with zero attached hydrogens (tertiary/aromatic N) is 1. The van der Waals surface area contributed by atoms with Crippen LogP contribution in [-0.4, -0.2) is 31.1 Å². The van der Waals surface area contributed by atoms with Gasteiger partial charge in [-0.2, -0.15) is 0 Å². The molecule has 19 heavy (non-hydrogen) atoms. The van der Waals surface area contributed by atoms with Crippen molar-refractivity contribution >= 4 is 0 Å². The molecule has 1 fully saturated rings. The van der Waals surface area contributed by atoms with Crippen molar-refractivity contribution < 1.29 is 0 Å². The Morgan fingerprint density at radius 1 is 1.16 bits per heavy atom. The summed E-state index contributed by atoms with van der Waals surface area (Å²) in [7, 11) is 2.23. The zero-order valence-electron chi connectivity index (χ0n) is 12.8. The van der Waals surface area contributed by atoms with E-state index < -0.39 is 0 Å². The maximum Gasteiger partial charge on any atom is 0.0296 e. The average molecular weight is 260 g/mol. The minimum absolute atomic E-state index is 0.441. The molecule has 1 aromatic rings. The largest absolute Gasteiger partial charge is 0.307 e. The molecule has 1 aliphatic heterocycles. The first-order valence-electron chi connectivity index (χ1n) is 7.58. The molecule has 1 N–H and O–H groups in total. The minimum atomic E-state index is 0.441. The fraction of sp³-hybridized carbons (Fsp3) is 0.647. The summed E-state index contributed by atoms with van der Waals surface area (Å²) in [6.45, 7) is 9.33. The van der Waals surface area contributed by atoms with Gasteiger partial charge in [0.2, 0.25) is 0 Å². The molecule has 106 valence electrons. The molecule has 2 rings (SSSR count). The molecule has 2 nitrogen and oxygen atoms in total. The Hall–Kier alpha value is -0.860. The van der Waals surface area contributed by atoms with Crippen LogP contribution in [0.2, 0.25) is 0 Å². The predicted molar refractivity (Wildman–Crippen MR) is 82.4 cm³/mol. The van der Waals surface area contributed by atoms with Gasteiger partial charge in [0.05, 0.1) is 0 Å². The average Bonchev–Trinajstić information content (AvgIpc) is 2.39. The Morgan fingerprint density at radius 3 is 2.42 bits per heavy atom. The normalized spacial score (nSPS) is 21.3. The molecule has 0 spiro atoms. The van der Waals surface area contributed by atoms with Crippen LogP contribution in [-0.2, 0) is 0 Å². The van der Waals surface area contributed by atoms with Gasteiger partial charge in [-0.05, 0) is 70.8 Å². The topological polar surface area (TPSA) is 15.3 Å². The number of aryl methyl sites for hydroxylation is 1. The van der Waals surface area contributed by atoms with Gasteiger partial charge in [0, 0.05) is 12.1 Å². The highest BCUT2D eigenvalue weighted by molar-refractivity contribution is 5.28. The van der Waals surface area contributed by atoms with E-state index in [0.717, 1.165) is 5.92 Å². The van der Waals surface area contributed by atoms with Gasteiger partial charge in [0.1, 0.15) is 0 Å².